The van der Waals surface area contributed by atoms with Crippen LogP contribution < -0.4 is 5.32 Å². The molecule has 1 aromatic carbocycles. The molecule has 0 aromatic heterocycles. The van der Waals surface area contributed by atoms with E-state index in [2.05, 4.69) is 4.99 Å². The van der Waals surface area contributed by atoms with Gasteiger partial charge in [-0.1, -0.05) is 63.9 Å². The van der Waals surface area contributed by atoms with Crippen LogP contribution >= 0.6 is 0 Å². The summed E-state index contributed by atoms with van der Waals surface area (Å²) in [6.07, 6.45) is -2.18. The standard InChI is InChI=1S/C20H24F3N3O2/c1-18(2,3)16(27)25-19(20(21,22)23)17(28)26(14-11-7-8-12-14)15(24-19)13-9-5-4-6-10-13/h4-6,9-10,14H,7-8,11-12H2,1-3H3,(H,25,27). The summed E-state index contributed by atoms with van der Waals surface area (Å²) < 4.78 is 42.6. The van der Waals surface area contributed by atoms with Crippen molar-refractivity contribution >= 4 is 17.6 Å². The molecule has 1 aromatic rings. The van der Waals surface area contributed by atoms with Crippen molar-refractivity contribution in [2.75, 3.05) is 0 Å². The number of benzene rings is 1. The highest BCUT2D eigenvalue weighted by Crippen LogP contribution is 2.41. The first-order valence-electron chi connectivity index (χ1n) is 9.36. The summed E-state index contributed by atoms with van der Waals surface area (Å²) in [5, 5.41) is 1.93. The Labute approximate surface area is 162 Å². The molecular formula is C20H24F3N3O2. The normalized spacial score (nSPS) is 23.9. The molecule has 2 amide bonds. The zero-order chi connectivity index (χ0) is 20.7. The van der Waals surface area contributed by atoms with Crippen LogP contribution in [0.5, 0.6) is 0 Å². The van der Waals surface area contributed by atoms with E-state index in [9.17, 15) is 22.8 Å². The minimum atomic E-state index is -5.07. The quantitative estimate of drug-likeness (QED) is 0.849. The van der Waals surface area contributed by atoms with Crippen molar-refractivity contribution in [2.45, 2.75) is 64.3 Å². The van der Waals surface area contributed by atoms with Gasteiger partial charge >= 0.3 is 11.8 Å². The van der Waals surface area contributed by atoms with Crippen molar-refractivity contribution < 1.29 is 22.8 Å². The van der Waals surface area contributed by atoms with Gasteiger partial charge in [0, 0.05) is 17.0 Å². The Hall–Kier alpha value is -2.38. The highest BCUT2D eigenvalue weighted by atomic mass is 19.4. The van der Waals surface area contributed by atoms with E-state index < -0.39 is 29.1 Å². The van der Waals surface area contributed by atoms with Crippen molar-refractivity contribution in [3.05, 3.63) is 35.9 Å². The lowest BCUT2D eigenvalue weighted by Gasteiger charge is -2.33. The number of rotatable bonds is 3. The highest BCUT2D eigenvalue weighted by molar-refractivity contribution is 6.16. The van der Waals surface area contributed by atoms with Gasteiger partial charge in [0.05, 0.1) is 0 Å². The molecule has 0 saturated heterocycles. The molecule has 1 aliphatic heterocycles. The Kier molecular flexibility index (Phi) is 5.02. The molecule has 3 rings (SSSR count). The number of hydrogen-bond acceptors (Lipinski definition) is 3. The molecule has 1 aliphatic carbocycles. The Bertz CT molecular complexity index is 793. The number of alkyl halides is 3. The lowest BCUT2D eigenvalue weighted by molar-refractivity contribution is -0.201. The van der Waals surface area contributed by atoms with E-state index in [0.717, 1.165) is 17.7 Å². The molecule has 152 valence electrons. The van der Waals surface area contributed by atoms with Gasteiger partial charge in [-0.15, -0.1) is 0 Å². The van der Waals surface area contributed by atoms with Gasteiger partial charge in [0.1, 0.15) is 5.84 Å². The smallest absolute Gasteiger partial charge is 0.316 e. The van der Waals surface area contributed by atoms with Crippen LogP contribution in [0.4, 0.5) is 13.2 Å². The first kappa shape index (κ1) is 20.4. The third-order valence-corrected chi connectivity index (χ3v) is 5.14. The lowest BCUT2D eigenvalue weighted by atomic mass is 9.94. The van der Waals surface area contributed by atoms with Crippen LogP contribution in [0.25, 0.3) is 0 Å². The van der Waals surface area contributed by atoms with E-state index in [1.54, 1.807) is 30.3 Å². The molecule has 5 nitrogen and oxygen atoms in total. The number of carbonyl (C=O) groups is 2. The number of carbonyl (C=O) groups excluding carboxylic acids is 2. The van der Waals surface area contributed by atoms with E-state index in [1.807, 2.05) is 5.32 Å². The number of halogens is 3. The molecule has 2 aliphatic rings. The maximum absolute atomic E-state index is 14.2. The summed E-state index contributed by atoms with van der Waals surface area (Å²) >= 11 is 0. The molecule has 1 heterocycles. The van der Waals surface area contributed by atoms with Crippen LogP contribution in [-0.4, -0.2) is 40.4 Å². The second-order valence-electron chi connectivity index (χ2n) is 8.33. The molecule has 1 saturated carbocycles. The molecule has 1 atom stereocenters. The van der Waals surface area contributed by atoms with Crippen LogP contribution in [0.2, 0.25) is 0 Å². The fourth-order valence-corrected chi connectivity index (χ4v) is 3.51. The Morgan fingerprint density at radius 3 is 2.21 bits per heavy atom. The van der Waals surface area contributed by atoms with Gasteiger partial charge in [0.2, 0.25) is 5.91 Å². The zero-order valence-electron chi connectivity index (χ0n) is 16.1. The van der Waals surface area contributed by atoms with Crippen molar-refractivity contribution in [1.29, 1.82) is 0 Å². The van der Waals surface area contributed by atoms with Crippen LogP contribution in [0.15, 0.2) is 35.3 Å². The number of aliphatic imine (C=N–C) groups is 1. The fourth-order valence-electron chi connectivity index (χ4n) is 3.51. The zero-order valence-corrected chi connectivity index (χ0v) is 16.1. The van der Waals surface area contributed by atoms with Gasteiger partial charge in [-0.3, -0.25) is 14.5 Å². The molecule has 1 N–H and O–H groups in total. The van der Waals surface area contributed by atoms with Gasteiger partial charge < -0.3 is 5.32 Å². The summed E-state index contributed by atoms with van der Waals surface area (Å²) in [6, 6.07) is 7.96. The largest absolute Gasteiger partial charge is 0.442 e. The molecule has 1 unspecified atom stereocenters. The van der Waals surface area contributed by atoms with Gasteiger partial charge in [0.15, 0.2) is 0 Å². The van der Waals surface area contributed by atoms with E-state index in [0.29, 0.717) is 18.4 Å². The van der Waals surface area contributed by atoms with Crippen molar-refractivity contribution in [1.82, 2.24) is 10.2 Å². The predicted molar refractivity (Wildman–Crippen MR) is 98.5 cm³/mol. The maximum atomic E-state index is 14.2. The predicted octanol–water partition coefficient (Wildman–Crippen LogP) is 3.64. The SMILES string of the molecule is CC(C)(C)C(=O)NC1(C(F)(F)F)N=C(c2ccccc2)N(C2CCCC2)C1=O. The number of nitrogens with zero attached hydrogens (tertiary/aromatic N) is 2. The Morgan fingerprint density at radius 1 is 1.14 bits per heavy atom. The molecule has 1 fully saturated rings. The molecule has 0 radical (unpaired) electrons. The topological polar surface area (TPSA) is 61.8 Å². The maximum Gasteiger partial charge on any atom is 0.442 e. The third-order valence-electron chi connectivity index (χ3n) is 5.14. The van der Waals surface area contributed by atoms with Crippen molar-refractivity contribution in [3.63, 3.8) is 0 Å². The van der Waals surface area contributed by atoms with Gasteiger partial charge in [-0.2, -0.15) is 13.2 Å². The van der Waals surface area contributed by atoms with Gasteiger partial charge in [0.25, 0.3) is 5.91 Å². The first-order chi connectivity index (χ1) is 13.0. The molecular weight excluding hydrogens is 371 g/mol. The monoisotopic (exact) mass is 395 g/mol. The second-order valence-corrected chi connectivity index (χ2v) is 8.33. The van der Waals surface area contributed by atoms with Crippen LogP contribution in [0.1, 0.15) is 52.0 Å². The van der Waals surface area contributed by atoms with Crippen LogP contribution in [0.3, 0.4) is 0 Å². The first-order valence-corrected chi connectivity index (χ1v) is 9.36. The van der Waals surface area contributed by atoms with E-state index in [4.69, 9.17) is 0 Å². The molecule has 28 heavy (non-hydrogen) atoms. The lowest BCUT2D eigenvalue weighted by Crippen LogP contribution is -2.65. The fraction of sp³-hybridized carbons (Fsp3) is 0.550. The van der Waals surface area contributed by atoms with Crippen molar-refractivity contribution in [3.8, 4) is 0 Å². The van der Waals surface area contributed by atoms with E-state index in [1.165, 1.54) is 20.8 Å². The van der Waals surface area contributed by atoms with Gasteiger partial charge in [-0.05, 0) is 12.8 Å². The van der Waals surface area contributed by atoms with Crippen LogP contribution in [-0.2, 0) is 9.59 Å². The number of nitrogens with one attached hydrogen (secondary N) is 1. The highest BCUT2D eigenvalue weighted by Gasteiger charge is 2.68. The number of amidine groups is 1. The minimum absolute atomic E-state index is 0.0379. The number of hydrogen-bond donors (Lipinski definition) is 1. The van der Waals surface area contributed by atoms with E-state index >= 15 is 0 Å². The molecule has 0 spiro atoms. The Balaban J connectivity index is 2.14. The summed E-state index contributed by atoms with van der Waals surface area (Å²) in [6.45, 7) is 4.47. The minimum Gasteiger partial charge on any atom is -0.316 e. The van der Waals surface area contributed by atoms with E-state index in [-0.39, 0.29) is 11.9 Å². The summed E-state index contributed by atoms with van der Waals surface area (Å²) in [4.78, 5) is 30.6. The summed E-state index contributed by atoms with van der Waals surface area (Å²) in [5.74, 6) is -2.16. The summed E-state index contributed by atoms with van der Waals surface area (Å²) in [5.41, 5.74) is -3.99. The van der Waals surface area contributed by atoms with Gasteiger partial charge in [-0.25, -0.2) is 4.99 Å². The average Bonchev–Trinajstić information content (AvgIpc) is 3.21. The Morgan fingerprint density at radius 2 is 1.71 bits per heavy atom. The van der Waals surface area contributed by atoms with Crippen LogP contribution in [0, 0.1) is 5.41 Å². The summed E-state index contributed by atoms with van der Waals surface area (Å²) in [7, 11) is 0. The average molecular weight is 395 g/mol. The number of amides is 2. The van der Waals surface area contributed by atoms with Crippen molar-refractivity contribution in [2.24, 2.45) is 10.4 Å². The molecule has 0 bridgehead atoms. The molecule has 8 heteroatoms. The second kappa shape index (κ2) is 6.90. The third kappa shape index (κ3) is 3.40.